The van der Waals surface area contributed by atoms with E-state index in [1.54, 1.807) is 12.1 Å². The molecule has 0 spiro atoms. The summed E-state index contributed by atoms with van der Waals surface area (Å²) in [7, 11) is 0. The molecule has 0 aromatic heterocycles. The van der Waals surface area contributed by atoms with E-state index >= 15 is 0 Å². The molecule has 0 heterocycles. The highest BCUT2D eigenvalue weighted by molar-refractivity contribution is 6.44. The topological polar surface area (TPSA) is 35.8 Å². The van der Waals surface area contributed by atoms with Gasteiger partial charge in [-0.3, -0.25) is 0 Å². The van der Waals surface area contributed by atoms with Crippen molar-refractivity contribution in [3.8, 4) is 6.07 Å². The molecule has 0 aliphatic rings. The lowest BCUT2D eigenvalue weighted by atomic mass is 10.1. The van der Waals surface area contributed by atoms with E-state index in [4.69, 9.17) is 40.1 Å². The van der Waals surface area contributed by atoms with Crippen LogP contribution in [0.1, 0.15) is 11.1 Å². The highest BCUT2D eigenvalue weighted by Crippen LogP contribution is 2.31. The Balaban J connectivity index is 2.09. The summed E-state index contributed by atoms with van der Waals surface area (Å²) in [5, 5.41) is 13.4. The molecule has 2 nitrogen and oxygen atoms in total. The van der Waals surface area contributed by atoms with E-state index in [1.165, 1.54) is 0 Å². The first-order valence-corrected chi connectivity index (χ1v) is 7.07. The lowest BCUT2D eigenvalue weighted by Gasteiger charge is -2.11. The van der Waals surface area contributed by atoms with Crippen LogP contribution >= 0.6 is 34.8 Å². The molecule has 102 valence electrons. The Morgan fingerprint density at radius 1 is 0.950 bits per heavy atom. The van der Waals surface area contributed by atoms with Gasteiger partial charge >= 0.3 is 0 Å². The number of nitrogens with zero attached hydrogens (tertiary/aromatic N) is 1. The molecular weight excluding hydrogens is 315 g/mol. The lowest BCUT2D eigenvalue weighted by molar-refractivity contribution is 1.15. The predicted octanol–water partition coefficient (Wildman–Crippen LogP) is 5.32. The van der Waals surface area contributed by atoms with Gasteiger partial charge in [-0.15, -0.1) is 0 Å². The van der Waals surface area contributed by atoms with Crippen molar-refractivity contribution >= 4 is 40.5 Å². The van der Waals surface area contributed by atoms with Crippen LogP contribution in [-0.4, -0.2) is 0 Å². The van der Waals surface area contributed by atoms with E-state index < -0.39 is 0 Å². The van der Waals surface area contributed by atoms with Crippen molar-refractivity contribution < 1.29 is 0 Å². The van der Waals surface area contributed by atoms with Crippen LogP contribution in [0.4, 0.5) is 5.69 Å². The summed E-state index contributed by atoms with van der Waals surface area (Å²) in [6, 6.07) is 13.2. The number of hydrogen-bond donors (Lipinski definition) is 1. The first-order chi connectivity index (χ1) is 9.61. The molecule has 0 unspecified atom stereocenters. The Hall–Kier alpha value is -1.40. The molecule has 0 saturated heterocycles. The van der Waals surface area contributed by atoms with Gasteiger partial charge < -0.3 is 5.32 Å². The van der Waals surface area contributed by atoms with E-state index in [0.717, 1.165) is 16.8 Å². The molecule has 0 bridgehead atoms. The number of halogens is 3. The normalized spacial score (nSPS) is 10.1. The van der Waals surface area contributed by atoms with Crippen LogP contribution in [0, 0.1) is 11.3 Å². The Bertz CT molecular complexity index is 645. The van der Waals surface area contributed by atoms with Gasteiger partial charge in [-0.1, -0.05) is 46.9 Å². The lowest BCUT2D eigenvalue weighted by Crippen LogP contribution is -2.01. The maximum Gasteiger partial charge on any atom is 0.0669 e. The van der Waals surface area contributed by atoms with E-state index in [1.807, 2.05) is 24.3 Å². The molecule has 0 aliphatic carbocycles. The highest BCUT2D eigenvalue weighted by atomic mass is 35.5. The summed E-state index contributed by atoms with van der Waals surface area (Å²) < 4.78 is 0. The Labute approximate surface area is 132 Å². The van der Waals surface area contributed by atoms with E-state index in [-0.39, 0.29) is 0 Å². The standard InChI is InChI=1S/C15H11Cl3N2/c16-13-5-6-14(17)15(18)12(13)9-20-11-3-1-10(2-4-11)7-8-19/h1-6,20H,7,9H2. The first-order valence-electron chi connectivity index (χ1n) is 5.94. The molecule has 2 rings (SSSR count). The monoisotopic (exact) mass is 324 g/mol. The molecule has 2 aromatic rings. The Morgan fingerprint density at radius 3 is 2.25 bits per heavy atom. The third-order valence-electron chi connectivity index (χ3n) is 2.85. The van der Waals surface area contributed by atoms with E-state index in [0.29, 0.717) is 28.0 Å². The largest absolute Gasteiger partial charge is 0.381 e. The van der Waals surface area contributed by atoms with Crippen LogP contribution in [0.25, 0.3) is 0 Å². The van der Waals surface area contributed by atoms with Crippen LogP contribution in [0.5, 0.6) is 0 Å². The van der Waals surface area contributed by atoms with Crippen LogP contribution < -0.4 is 5.32 Å². The van der Waals surface area contributed by atoms with Crippen LogP contribution in [0.15, 0.2) is 36.4 Å². The van der Waals surface area contributed by atoms with Crippen LogP contribution in [0.3, 0.4) is 0 Å². The smallest absolute Gasteiger partial charge is 0.0669 e. The summed E-state index contributed by atoms with van der Waals surface area (Å²) in [6.07, 6.45) is 0.409. The molecule has 5 heteroatoms. The Morgan fingerprint density at radius 2 is 1.60 bits per heavy atom. The van der Waals surface area contributed by atoms with Crippen molar-refractivity contribution in [3.05, 3.63) is 62.6 Å². The van der Waals surface area contributed by atoms with E-state index in [2.05, 4.69) is 11.4 Å². The van der Waals surface area contributed by atoms with Gasteiger partial charge in [0, 0.05) is 22.8 Å². The molecule has 0 fully saturated rings. The van der Waals surface area contributed by atoms with E-state index in [9.17, 15) is 0 Å². The fourth-order valence-electron chi connectivity index (χ4n) is 1.75. The predicted molar refractivity (Wildman–Crippen MR) is 84.6 cm³/mol. The van der Waals surface area contributed by atoms with Crippen molar-refractivity contribution in [1.82, 2.24) is 0 Å². The van der Waals surface area contributed by atoms with Crippen molar-refractivity contribution in [2.45, 2.75) is 13.0 Å². The number of anilines is 1. The summed E-state index contributed by atoms with van der Waals surface area (Å²) in [6.45, 7) is 0.482. The van der Waals surface area contributed by atoms with Crippen LogP contribution in [0.2, 0.25) is 15.1 Å². The highest BCUT2D eigenvalue weighted by Gasteiger charge is 2.09. The number of nitrogens with one attached hydrogen (secondary N) is 1. The Kier molecular flexibility index (Phi) is 5.14. The molecule has 20 heavy (non-hydrogen) atoms. The summed E-state index contributed by atoms with van der Waals surface area (Å²) in [5.74, 6) is 0. The van der Waals surface area contributed by atoms with Gasteiger partial charge in [0.25, 0.3) is 0 Å². The second-order valence-corrected chi connectivity index (χ2v) is 5.40. The second-order valence-electron chi connectivity index (χ2n) is 4.21. The van der Waals surface area contributed by atoms with Gasteiger partial charge in [0.15, 0.2) is 0 Å². The van der Waals surface area contributed by atoms with Gasteiger partial charge in [-0.2, -0.15) is 5.26 Å². The summed E-state index contributed by atoms with van der Waals surface area (Å²) in [5.41, 5.74) is 2.68. The zero-order valence-corrected chi connectivity index (χ0v) is 12.7. The number of benzene rings is 2. The summed E-state index contributed by atoms with van der Waals surface area (Å²) >= 11 is 18.2. The zero-order valence-electron chi connectivity index (χ0n) is 10.5. The first kappa shape index (κ1) is 15.0. The fraction of sp³-hybridized carbons (Fsp3) is 0.133. The maximum absolute atomic E-state index is 8.62. The SMILES string of the molecule is N#CCc1ccc(NCc2c(Cl)ccc(Cl)c2Cl)cc1. The quantitative estimate of drug-likeness (QED) is 0.772. The molecule has 2 aromatic carbocycles. The van der Waals surface area contributed by atoms with Crippen molar-refractivity contribution in [2.24, 2.45) is 0 Å². The molecule has 0 amide bonds. The molecule has 0 atom stereocenters. The minimum absolute atomic E-state index is 0.409. The summed E-state index contributed by atoms with van der Waals surface area (Å²) in [4.78, 5) is 0. The van der Waals surface area contributed by atoms with Crippen LogP contribution in [-0.2, 0) is 13.0 Å². The van der Waals surface area contributed by atoms with Crippen molar-refractivity contribution in [2.75, 3.05) is 5.32 Å². The van der Waals surface area contributed by atoms with Gasteiger partial charge in [0.1, 0.15) is 0 Å². The zero-order chi connectivity index (χ0) is 14.5. The molecule has 0 saturated carbocycles. The van der Waals surface area contributed by atoms with Crippen molar-refractivity contribution in [1.29, 1.82) is 5.26 Å². The average molecular weight is 326 g/mol. The number of rotatable bonds is 4. The second kappa shape index (κ2) is 6.85. The van der Waals surface area contributed by atoms with Gasteiger partial charge in [-0.05, 0) is 29.8 Å². The molecular formula is C15H11Cl3N2. The van der Waals surface area contributed by atoms with Gasteiger partial charge in [0.05, 0.1) is 22.5 Å². The minimum atomic E-state index is 0.409. The van der Waals surface area contributed by atoms with Gasteiger partial charge in [0.2, 0.25) is 0 Å². The molecule has 0 radical (unpaired) electrons. The number of nitriles is 1. The average Bonchev–Trinajstić information content (AvgIpc) is 2.45. The maximum atomic E-state index is 8.62. The van der Waals surface area contributed by atoms with Gasteiger partial charge in [-0.25, -0.2) is 0 Å². The van der Waals surface area contributed by atoms with Crippen molar-refractivity contribution in [3.63, 3.8) is 0 Å². The molecule has 1 N–H and O–H groups in total. The third-order valence-corrected chi connectivity index (χ3v) is 4.04. The molecule has 0 aliphatic heterocycles. The third kappa shape index (κ3) is 3.58. The fourth-order valence-corrected chi connectivity index (χ4v) is 2.43. The number of hydrogen-bond acceptors (Lipinski definition) is 2. The minimum Gasteiger partial charge on any atom is -0.381 e.